The number of hydrogen-bond donors (Lipinski definition) is 0. The van der Waals surface area contributed by atoms with Crippen LogP contribution in [0.25, 0.3) is 17.1 Å². The summed E-state index contributed by atoms with van der Waals surface area (Å²) in [4.78, 5) is 20.5. The first-order chi connectivity index (χ1) is 9.72. The second kappa shape index (κ2) is 5.09. The smallest absolute Gasteiger partial charge is 0.186 e. The molecule has 20 heavy (non-hydrogen) atoms. The lowest BCUT2D eigenvalue weighted by molar-refractivity contribution is 0.104. The fraction of sp³-hybridized carbons (Fsp3) is 0.0625. The van der Waals surface area contributed by atoms with Crippen molar-refractivity contribution in [3.8, 4) is 0 Å². The van der Waals surface area contributed by atoms with Gasteiger partial charge in [-0.2, -0.15) is 0 Å². The summed E-state index contributed by atoms with van der Waals surface area (Å²) in [5, 5.41) is 0. The first kappa shape index (κ1) is 12.3. The van der Waals surface area contributed by atoms with E-state index >= 15 is 0 Å². The minimum atomic E-state index is -0.0911. The molecule has 0 saturated carbocycles. The third-order valence-electron chi connectivity index (χ3n) is 2.91. The van der Waals surface area contributed by atoms with E-state index in [9.17, 15) is 4.79 Å². The van der Waals surface area contributed by atoms with Gasteiger partial charge in [-0.25, -0.2) is 0 Å². The molecule has 0 fully saturated rings. The Morgan fingerprint density at radius 2 is 1.90 bits per heavy atom. The average Bonchev–Trinajstić information content (AvgIpc) is 2.90. The molecule has 4 nitrogen and oxygen atoms in total. The van der Waals surface area contributed by atoms with E-state index in [1.165, 1.54) is 6.08 Å². The second-order valence-corrected chi connectivity index (χ2v) is 4.41. The third kappa shape index (κ3) is 2.49. The molecule has 3 aromatic rings. The van der Waals surface area contributed by atoms with E-state index in [2.05, 4.69) is 9.97 Å². The van der Waals surface area contributed by atoms with Crippen molar-refractivity contribution in [2.75, 3.05) is 0 Å². The summed E-state index contributed by atoms with van der Waals surface area (Å²) in [6.45, 7) is 1.86. The van der Waals surface area contributed by atoms with Crippen LogP contribution in [0.2, 0.25) is 0 Å². The Hall–Kier alpha value is -2.75. The summed E-state index contributed by atoms with van der Waals surface area (Å²) < 4.78 is 5.38. The summed E-state index contributed by atoms with van der Waals surface area (Å²) in [5.41, 5.74) is 2.06. The van der Waals surface area contributed by atoms with E-state index in [1.807, 2.05) is 19.1 Å². The monoisotopic (exact) mass is 264 g/mol. The van der Waals surface area contributed by atoms with Crippen LogP contribution in [0.3, 0.4) is 0 Å². The molecule has 2 aromatic heterocycles. The molecule has 0 amide bonds. The summed E-state index contributed by atoms with van der Waals surface area (Å²) in [7, 11) is 0. The lowest BCUT2D eigenvalue weighted by Gasteiger charge is -1.98. The normalized spacial score (nSPS) is 11.2. The van der Waals surface area contributed by atoms with Gasteiger partial charge in [-0.1, -0.05) is 0 Å². The van der Waals surface area contributed by atoms with E-state index in [-0.39, 0.29) is 5.78 Å². The Kier molecular flexibility index (Phi) is 3.13. The van der Waals surface area contributed by atoms with Crippen molar-refractivity contribution in [2.45, 2.75) is 6.92 Å². The van der Waals surface area contributed by atoms with Crippen LogP contribution >= 0.6 is 0 Å². The number of carbonyl (C=O) groups excluding carboxylic acids is 1. The fourth-order valence-corrected chi connectivity index (χ4v) is 1.91. The highest BCUT2D eigenvalue weighted by molar-refractivity contribution is 6.08. The molecule has 0 radical (unpaired) electrons. The molecule has 1 aromatic carbocycles. The first-order valence-electron chi connectivity index (χ1n) is 6.22. The Morgan fingerprint density at radius 1 is 1.10 bits per heavy atom. The number of furan rings is 1. The van der Waals surface area contributed by atoms with Gasteiger partial charge in [0.25, 0.3) is 0 Å². The van der Waals surface area contributed by atoms with Crippen LogP contribution in [0.5, 0.6) is 0 Å². The second-order valence-electron chi connectivity index (χ2n) is 4.41. The van der Waals surface area contributed by atoms with Crippen molar-refractivity contribution in [1.29, 1.82) is 0 Å². The minimum absolute atomic E-state index is 0.0911. The fourth-order valence-electron chi connectivity index (χ4n) is 1.91. The SMILES string of the molecule is Cc1ccc(/C=C/C(=O)c2ccc3nccnc3c2)o1. The summed E-state index contributed by atoms with van der Waals surface area (Å²) in [6.07, 6.45) is 6.40. The van der Waals surface area contributed by atoms with Crippen molar-refractivity contribution in [1.82, 2.24) is 9.97 Å². The number of aryl methyl sites for hydroxylation is 1. The van der Waals surface area contributed by atoms with Gasteiger partial charge < -0.3 is 4.42 Å². The van der Waals surface area contributed by atoms with Crippen LogP contribution in [-0.2, 0) is 0 Å². The maximum absolute atomic E-state index is 12.1. The molecule has 3 rings (SSSR count). The van der Waals surface area contributed by atoms with Gasteiger partial charge in [0.1, 0.15) is 11.5 Å². The topological polar surface area (TPSA) is 56.0 Å². The summed E-state index contributed by atoms with van der Waals surface area (Å²) in [6, 6.07) is 8.96. The van der Waals surface area contributed by atoms with Gasteiger partial charge in [0.15, 0.2) is 5.78 Å². The van der Waals surface area contributed by atoms with Gasteiger partial charge in [0.05, 0.1) is 11.0 Å². The lowest BCUT2D eigenvalue weighted by atomic mass is 10.1. The van der Waals surface area contributed by atoms with Crippen LogP contribution in [0.1, 0.15) is 21.9 Å². The number of carbonyl (C=O) groups is 1. The van der Waals surface area contributed by atoms with E-state index in [4.69, 9.17) is 4.42 Å². The van der Waals surface area contributed by atoms with Crippen molar-refractivity contribution < 1.29 is 9.21 Å². The summed E-state index contributed by atoms with van der Waals surface area (Å²) in [5.74, 6) is 1.39. The highest BCUT2D eigenvalue weighted by Crippen LogP contribution is 2.13. The van der Waals surface area contributed by atoms with Crippen LogP contribution < -0.4 is 0 Å². The molecular weight excluding hydrogens is 252 g/mol. The number of allylic oxidation sites excluding steroid dienone is 1. The Labute approximate surface area is 115 Å². The van der Waals surface area contributed by atoms with Crippen LogP contribution in [0, 0.1) is 6.92 Å². The van der Waals surface area contributed by atoms with Crippen molar-refractivity contribution in [2.24, 2.45) is 0 Å². The van der Waals surface area contributed by atoms with Crippen LogP contribution in [0.4, 0.5) is 0 Å². The number of ketones is 1. The largest absolute Gasteiger partial charge is 0.462 e. The number of aromatic nitrogens is 2. The maximum atomic E-state index is 12.1. The molecule has 0 aliphatic heterocycles. The van der Waals surface area contributed by atoms with Gasteiger partial charge in [0.2, 0.25) is 0 Å². The van der Waals surface area contributed by atoms with Crippen molar-refractivity contribution in [3.05, 3.63) is 65.9 Å². The summed E-state index contributed by atoms with van der Waals surface area (Å²) >= 11 is 0. The molecule has 4 heteroatoms. The zero-order valence-corrected chi connectivity index (χ0v) is 10.9. The first-order valence-corrected chi connectivity index (χ1v) is 6.22. The molecule has 0 spiro atoms. The predicted octanol–water partition coefficient (Wildman–Crippen LogP) is 3.43. The Bertz CT molecular complexity index is 803. The van der Waals surface area contributed by atoms with E-state index in [1.54, 1.807) is 36.7 Å². The molecule has 0 bridgehead atoms. The molecule has 0 N–H and O–H groups in total. The standard InChI is InChI=1S/C16H12N2O2/c1-11-2-4-13(20-11)5-7-16(19)12-3-6-14-15(10-12)18-9-8-17-14/h2-10H,1H3/b7-5+. The van der Waals surface area contributed by atoms with Gasteiger partial charge in [-0.05, 0) is 49.4 Å². The zero-order valence-electron chi connectivity index (χ0n) is 10.9. The molecular formula is C16H12N2O2. The van der Waals surface area contributed by atoms with Crippen LogP contribution in [0.15, 0.2) is 53.2 Å². The number of rotatable bonds is 3. The minimum Gasteiger partial charge on any atom is -0.462 e. The molecule has 0 aliphatic rings. The van der Waals surface area contributed by atoms with Crippen molar-refractivity contribution in [3.63, 3.8) is 0 Å². The molecule has 2 heterocycles. The quantitative estimate of drug-likeness (QED) is 0.537. The highest BCUT2D eigenvalue weighted by Gasteiger charge is 2.04. The Morgan fingerprint density at radius 3 is 2.65 bits per heavy atom. The number of nitrogens with zero attached hydrogens (tertiary/aromatic N) is 2. The van der Waals surface area contributed by atoms with E-state index in [0.717, 1.165) is 11.3 Å². The number of benzene rings is 1. The van der Waals surface area contributed by atoms with Gasteiger partial charge in [-0.15, -0.1) is 0 Å². The molecule has 98 valence electrons. The third-order valence-corrected chi connectivity index (χ3v) is 2.91. The Balaban J connectivity index is 1.86. The predicted molar refractivity (Wildman–Crippen MR) is 76.3 cm³/mol. The average molecular weight is 264 g/mol. The zero-order chi connectivity index (χ0) is 13.9. The molecule has 0 atom stereocenters. The maximum Gasteiger partial charge on any atom is 0.186 e. The van der Waals surface area contributed by atoms with Gasteiger partial charge >= 0.3 is 0 Å². The van der Waals surface area contributed by atoms with E-state index in [0.29, 0.717) is 16.8 Å². The van der Waals surface area contributed by atoms with Gasteiger partial charge in [-0.3, -0.25) is 14.8 Å². The lowest BCUT2D eigenvalue weighted by Crippen LogP contribution is -1.95. The molecule has 0 saturated heterocycles. The highest BCUT2D eigenvalue weighted by atomic mass is 16.3. The van der Waals surface area contributed by atoms with Crippen LogP contribution in [-0.4, -0.2) is 15.8 Å². The van der Waals surface area contributed by atoms with Crippen molar-refractivity contribution >= 4 is 22.9 Å². The number of fused-ring (bicyclic) bond motifs is 1. The number of hydrogen-bond acceptors (Lipinski definition) is 4. The molecule has 0 aliphatic carbocycles. The molecule has 0 unspecified atom stereocenters. The van der Waals surface area contributed by atoms with Gasteiger partial charge in [0, 0.05) is 18.0 Å². The van der Waals surface area contributed by atoms with E-state index < -0.39 is 0 Å².